The first kappa shape index (κ1) is 37.6. The first-order valence-electron chi connectivity index (χ1n) is 17.0. The summed E-state index contributed by atoms with van der Waals surface area (Å²) in [6.07, 6.45) is 42.5. The number of allylic oxidation sites excluding steroid dienone is 5. The number of unbranched alkanes of at least 4 members (excludes halogenated alkanes) is 17. The second kappa shape index (κ2) is 32.9. The maximum absolute atomic E-state index is 12.5. The van der Waals surface area contributed by atoms with Crippen LogP contribution in [0.3, 0.4) is 0 Å². The van der Waals surface area contributed by atoms with Gasteiger partial charge in [0.25, 0.3) is 0 Å². The molecule has 228 valence electrons. The number of rotatable bonds is 30. The van der Waals surface area contributed by atoms with Gasteiger partial charge in [-0.1, -0.05) is 127 Å². The van der Waals surface area contributed by atoms with Crippen molar-refractivity contribution in [1.82, 2.24) is 0 Å². The molecule has 3 heteroatoms. The zero-order valence-corrected chi connectivity index (χ0v) is 26.2. The molecule has 0 saturated heterocycles. The Bertz CT molecular complexity index is 578. The normalized spacial score (nSPS) is 12.8. The average molecular weight is 547 g/mol. The van der Waals surface area contributed by atoms with Crippen LogP contribution in [-0.4, -0.2) is 23.8 Å². The summed E-state index contributed by atoms with van der Waals surface area (Å²) in [5, 5.41) is 8.84. The molecule has 39 heavy (non-hydrogen) atoms. The minimum atomic E-state index is -0.00236. The van der Waals surface area contributed by atoms with Gasteiger partial charge < -0.3 is 9.84 Å². The summed E-state index contributed by atoms with van der Waals surface area (Å²) in [5.41, 5.74) is 0. The number of aliphatic hydroxyl groups excluding tert-OH is 1. The molecule has 0 amide bonds. The van der Waals surface area contributed by atoms with Crippen LogP contribution < -0.4 is 0 Å². The molecule has 0 saturated carbocycles. The molecule has 0 spiro atoms. The zero-order valence-electron chi connectivity index (χ0n) is 26.2. The van der Waals surface area contributed by atoms with Crippen LogP contribution in [0.25, 0.3) is 0 Å². The van der Waals surface area contributed by atoms with Gasteiger partial charge in [-0.15, -0.1) is 0 Å². The van der Waals surface area contributed by atoms with E-state index in [1.165, 1.54) is 96.3 Å². The topological polar surface area (TPSA) is 46.5 Å². The van der Waals surface area contributed by atoms with Gasteiger partial charge in [0.2, 0.25) is 0 Å². The van der Waals surface area contributed by atoms with E-state index >= 15 is 0 Å². The highest BCUT2D eigenvalue weighted by Crippen LogP contribution is 2.15. The lowest BCUT2D eigenvalue weighted by molar-refractivity contribution is -0.149. The van der Waals surface area contributed by atoms with E-state index in [2.05, 4.69) is 50.3 Å². The summed E-state index contributed by atoms with van der Waals surface area (Å²) >= 11 is 0. The maximum atomic E-state index is 12.5. The summed E-state index contributed by atoms with van der Waals surface area (Å²) in [6, 6.07) is 0. The molecular formula is C36H66O3. The lowest BCUT2D eigenvalue weighted by atomic mass is 10.1. The number of aliphatic hydroxyl groups is 1. The molecule has 0 fully saturated rings. The first-order chi connectivity index (χ1) is 19.2. The summed E-state index contributed by atoms with van der Waals surface area (Å²) < 4.78 is 5.91. The van der Waals surface area contributed by atoms with Gasteiger partial charge in [0, 0.05) is 19.4 Å². The number of esters is 1. The Morgan fingerprint density at radius 1 is 0.590 bits per heavy atom. The Hall–Kier alpha value is -1.35. The molecule has 0 aromatic rings. The van der Waals surface area contributed by atoms with Crippen molar-refractivity contribution in [3.05, 3.63) is 36.5 Å². The van der Waals surface area contributed by atoms with Gasteiger partial charge in [-0.2, -0.15) is 0 Å². The third-order valence-corrected chi connectivity index (χ3v) is 7.35. The largest absolute Gasteiger partial charge is 0.462 e. The van der Waals surface area contributed by atoms with Crippen LogP contribution in [0.15, 0.2) is 36.5 Å². The molecule has 0 aromatic heterocycles. The molecule has 1 atom stereocenters. The van der Waals surface area contributed by atoms with Gasteiger partial charge in [-0.05, 0) is 70.6 Å². The van der Waals surface area contributed by atoms with Gasteiger partial charge in [0.05, 0.1) is 0 Å². The Morgan fingerprint density at radius 3 is 1.69 bits per heavy atom. The van der Waals surface area contributed by atoms with E-state index < -0.39 is 0 Å². The van der Waals surface area contributed by atoms with Crippen molar-refractivity contribution in [3.8, 4) is 0 Å². The molecular weight excluding hydrogens is 480 g/mol. The number of carbonyl (C=O) groups is 1. The van der Waals surface area contributed by atoms with Crippen molar-refractivity contribution in [1.29, 1.82) is 0 Å². The SMILES string of the molecule is CCCCC/C=C\C/C=C\CCCCCCCC(=O)O[C@@H](C/C=C\CCCCCCCCO)CCCCCC. The minimum Gasteiger partial charge on any atom is -0.462 e. The van der Waals surface area contributed by atoms with E-state index in [1.54, 1.807) is 0 Å². The molecule has 1 N–H and O–H groups in total. The average Bonchev–Trinajstić information content (AvgIpc) is 2.94. The lowest BCUT2D eigenvalue weighted by Crippen LogP contribution is -2.17. The van der Waals surface area contributed by atoms with Crippen LogP contribution in [0.1, 0.15) is 174 Å². The van der Waals surface area contributed by atoms with Crippen molar-refractivity contribution < 1.29 is 14.6 Å². The monoisotopic (exact) mass is 547 g/mol. The van der Waals surface area contributed by atoms with Gasteiger partial charge in [0.15, 0.2) is 0 Å². The second-order valence-corrected chi connectivity index (χ2v) is 11.3. The van der Waals surface area contributed by atoms with E-state index in [9.17, 15) is 4.79 Å². The van der Waals surface area contributed by atoms with Crippen molar-refractivity contribution in [2.45, 2.75) is 180 Å². The molecule has 0 aromatic carbocycles. The zero-order chi connectivity index (χ0) is 28.5. The highest BCUT2D eigenvalue weighted by Gasteiger charge is 2.13. The standard InChI is InChI=1S/C36H66O3/c1-3-5-7-9-10-11-12-13-14-15-16-19-22-25-29-33-36(38)39-35(31-27-8-6-4-2)32-28-24-21-18-17-20-23-26-30-34-37/h10-11,13-14,24,28,35,37H,3-9,12,15-23,25-27,29-34H2,1-2H3/b11-10-,14-13-,28-24-/t35-/m1/s1. The maximum Gasteiger partial charge on any atom is 0.306 e. The van der Waals surface area contributed by atoms with Crippen molar-refractivity contribution in [2.24, 2.45) is 0 Å². The van der Waals surface area contributed by atoms with E-state index in [-0.39, 0.29) is 12.1 Å². The Balaban J connectivity index is 3.93. The lowest BCUT2D eigenvalue weighted by Gasteiger charge is -2.16. The number of ether oxygens (including phenoxy) is 1. The van der Waals surface area contributed by atoms with Crippen LogP contribution in [0.4, 0.5) is 0 Å². The van der Waals surface area contributed by atoms with Gasteiger partial charge in [-0.25, -0.2) is 0 Å². The molecule has 0 radical (unpaired) electrons. The number of carbonyl (C=O) groups excluding carboxylic acids is 1. The molecule has 0 heterocycles. The third-order valence-electron chi connectivity index (χ3n) is 7.35. The fourth-order valence-electron chi connectivity index (χ4n) is 4.80. The quantitative estimate of drug-likeness (QED) is 0.0553. The minimum absolute atomic E-state index is 0.00236. The van der Waals surface area contributed by atoms with Gasteiger partial charge in [-0.3, -0.25) is 4.79 Å². The van der Waals surface area contributed by atoms with Crippen molar-refractivity contribution >= 4 is 5.97 Å². The number of hydrogen-bond donors (Lipinski definition) is 1. The summed E-state index contributed by atoms with van der Waals surface area (Å²) in [6.45, 7) is 4.81. The Labute approximate surface area is 244 Å². The third kappa shape index (κ3) is 31.0. The van der Waals surface area contributed by atoms with Crippen LogP contribution >= 0.6 is 0 Å². The van der Waals surface area contributed by atoms with E-state index in [0.717, 1.165) is 57.8 Å². The molecule has 3 nitrogen and oxygen atoms in total. The first-order valence-corrected chi connectivity index (χ1v) is 17.0. The van der Waals surface area contributed by atoms with Crippen LogP contribution in [-0.2, 0) is 9.53 Å². The van der Waals surface area contributed by atoms with E-state index in [0.29, 0.717) is 13.0 Å². The molecule has 0 aliphatic heterocycles. The smallest absolute Gasteiger partial charge is 0.306 e. The molecule has 0 rings (SSSR count). The number of hydrogen-bond acceptors (Lipinski definition) is 3. The van der Waals surface area contributed by atoms with Gasteiger partial charge >= 0.3 is 5.97 Å². The highest BCUT2D eigenvalue weighted by molar-refractivity contribution is 5.69. The fourth-order valence-corrected chi connectivity index (χ4v) is 4.80. The molecule has 0 unspecified atom stereocenters. The van der Waals surface area contributed by atoms with E-state index in [4.69, 9.17) is 9.84 Å². The van der Waals surface area contributed by atoms with Crippen molar-refractivity contribution in [3.63, 3.8) is 0 Å². The molecule has 0 bridgehead atoms. The van der Waals surface area contributed by atoms with E-state index in [1.807, 2.05) is 0 Å². The summed E-state index contributed by atoms with van der Waals surface area (Å²) in [7, 11) is 0. The van der Waals surface area contributed by atoms with Gasteiger partial charge in [0.1, 0.15) is 6.10 Å². The Kier molecular flexibility index (Phi) is 31.7. The fraction of sp³-hybridized carbons (Fsp3) is 0.806. The van der Waals surface area contributed by atoms with Crippen molar-refractivity contribution in [2.75, 3.05) is 6.61 Å². The predicted octanol–water partition coefficient (Wildman–Crippen LogP) is 11.4. The predicted molar refractivity (Wildman–Crippen MR) is 171 cm³/mol. The summed E-state index contributed by atoms with van der Waals surface area (Å²) in [5.74, 6) is -0.00236. The molecule has 0 aliphatic rings. The molecule has 0 aliphatic carbocycles. The highest BCUT2D eigenvalue weighted by atomic mass is 16.5. The van der Waals surface area contributed by atoms with Crippen LogP contribution in [0.5, 0.6) is 0 Å². The second-order valence-electron chi connectivity index (χ2n) is 11.3. The van der Waals surface area contributed by atoms with Crippen LogP contribution in [0, 0.1) is 0 Å². The van der Waals surface area contributed by atoms with Crippen LogP contribution in [0.2, 0.25) is 0 Å². The Morgan fingerprint density at radius 2 is 1.08 bits per heavy atom. The summed E-state index contributed by atoms with van der Waals surface area (Å²) in [4.78, 5) is 12.5.